The van der Waals surface area contributed by atoms with Crippen molar-refractivity contribution < 1.29 is 14.3 Å². The number of amides is 1. The average Bonchev–Trinajstić information content (AvgIpc) is 3.23. The first-order valence-corrected chi connectivity index (χ1v) is 10.5. The minimum absolute atomic E-state index is 0.0845. The van der Waals surface area contributed by atoms with E-state index in [1.54, 1.807) is 0 Å². The Morgan fingerprint density at radius 3 is 2.87 bits per heavy atom. The van der Waals surface area contributed by atoms with Crippen molar-refractivity contribution in [3.05, 3.63) is 76.9 Å². The summed E-state index contributed by atoms with van der Waals surface area (Å²) in [5.41, 5.74) is 5.99. The molecule has 1 aliphatic heterocycles. The van der Waals surface area contributed by atoms with Crippen LogP contribution in [0.5, 0.6) is 0 Å². The molecule has 0 aromatic heterocycles. The van der Waals surface area contributed by atoms with Crippen LogP contribution in [0.15, 0.2) is 54.6 Å². The summed E-state index contributed by atoms with van der Waals surface area (Å²) >= 11 is 0. The first-order chi connectivity index (χ1) is 14.5. The number of hydrogen-bond donors (Lipinski definition) is 2. The van der Waals surface area contributed by atoms with Gasteiger partial charge in [-0.25, -0.2) is 0 Å². The predicted molar refractivity (Wildman–Crippen MR) is 117 cm³/mol. The molecule has 0 spiro atoms. The van der Waals surface area contributed by atoms with E-state index in [-0.39, 0.29) is 24.3 Å². The van der Waals surface area contributed by atoms with Gasteiger partial charge in [-0.2, -0.15) is 0 Å². The van der Waals surface area contributed by atoms with Crippen LogP contribution in [0.1, 0.15) is 47.1 Å². The summed E-state index contributed by atoms with van der Waals surface area (Å²) in [6.45, 7) is 2.43. The minimum atomic E-state index is -0.322. The zero-order valence-electron chi connectivity index (χ0n) is 17.5. The highest BCUT2D eigenvalue weighted by atomic mass is 16.5. The number of anilines is 1. The van der Waals surface area contributed by atoms with Gasteiger partial charge in [0.05, 0.1) is 26.0 Å². The van der Waals surface area contributed by atoms with E-state index < -0.39 is 0 Å². The molecular formula is C25H28N2O3. The molecule has 5 heteroatoms. The monoisotopic (exact) mass is 404 g/mol. The van der Waals surface area contributed by atoms with Gasteiger partial charge in [0.15, 0.2) is 0 Å². The molecule has 2 aromatic rings. The van der Waals surface area contributed by atoms with Gasteiger partial charge >= 0.3 is 5.97 Å². The summed E-state index contributed by atoms with van der Waals surface area (Å²) in [5.74, 6) is 0.425. The van der Waals surface area contributed by atoms with Gasteiger partial charge in [-0.1, -0.05) is 54.1 Å². The van der Waals surface area contributed by atoms with E-state index in [1.807, 2.05) is 6.07 Å². The van der Waals surface area contributed by atoms with Crippen molar-refractivity contribution in [3.63, 3.8) is 0 Å². The highest BCUT2D eigenvalue weighted by Crippen LogP contribution is 2.50. The van der Waals surface area contributed by atoms with E-state index in [0.29, 0.717) is 24.8 Å². The molecule has 1 aliphatic carbocycles. The molecule has 0 unspecified atom stereocenters. The number of allylic oxidation sites excluding steroid dienone is 2. The van der Waals surface area contributed by atoms with Crippen LogP contribution >= 0.6 is 0 Å². The van der Waals surface area contributed by atoms with Crippen molar-refractivity contribution in [1.82, 2.24) is 5.32 Å². The first-order valence-electron chi connectivity index (χ1n) is 10.5. The second kappa shape index (κ2) is 8.74. The number of nitrogens with one attached hydrogen (secondary N) is 2. The minimum Gasteiger partial charge on any atom is -0.469 e. The van der Waals surface area contributed by atoms with E-state index in [0.717, 1.165) is 17.7 Å². The van der Waals surface area contributed by atoms with E-state index in [9.17, 15) is 9.59 Å². The number of carbonyl (C=O) groups excluding carboxylic acids is 2. The van der Waals surface area contributed by atoms with Crippen LogP contribution in [-0.2, 0) is 20.7 Å². The quantitative estimate of drug-likeness (QED) is 0.563. The molecule has 3 atom stereocenters. The van der Waals surface area contributed by atoms with Crippen molar-refractivity contribution in [2.45, 2.75) is 38.1 Å². The Morgan fingerprint density at radius 1 is 1.20 bits per heavy atom. The summed E-state index contributed by atoms with van der Waals surface area (Å²) in [4.78, 5) is 23.4. The topological polar surface area (TPSA) is 67.4 Å². The molecule has 2 aliphatic rings. The third kappa shape index (κ3) is 4.25. The molecular weight excluding hydrogens is 376 g/mol. The number of benzene rings is 2. The molecule has 156 valence electrons. The number of aryl methyl sites for hydroxylation is 1. The zero-order valence-corrected chi connectivity index (χ0v) is 17.5. The molecule has 2 N–H and O–H groups in total. The van der Waals surface area contributed by atoms with Crippen LogP contribution in [0, 0.1) is 12.8 Å². The third-order valence-electron chi connectivity index (χ3n) is 6.07. The molecule has 1 heterocycles. The van der Waals surface area contributed by atoms with Gasteiger partial charge in [0.1, 0.15) is 0 Å². The smallest absolute Gasteiger partial charge is 0.307 e. The lowest BCUT2D eigenvalue weighted by atomic mass is 9.76. The SMILES string of the molecule is COC(=O)CCNC(=O)Cc1ccc2c(c1)[C@@H]1C=CC[C@@H]1[C@H](c1cccc(C)c1)N2. The summed E-state index contributed by atoms with van der Waals surface area (Å²) in [7, 11) is 1.35. The van der Waals surface area contributed by atoms with E-state index in [4.69, 9.17) is 0 Å². The third-order valence-corrected chi connectivity index (χ3v) is 6.07. The lowest BCUT2D eigenvalue weighted by Gasteiger charge is -2.38. The molecule has 0 saturated carbocycles. The van der Waals surface area contributed by atoms with Crippen molar-refractivity contribution in [2.75, 3.05) is 19.0 Å². The van der Waals surface area contributed by atoms with E-state index >= 15 is 0 Å². The molecule has 1 amide bonds. The van der Waals surface area contributed by atoms with Crippen LogP contribution in [0.2, 0.25) is 0 Å². The van der Waals surface area contributed by atoms with Gasteiger partial charge in [0.25, 0.3) is 0 Å². The van der Waals surface area contributed by atoms with Gasteiger partial charge < -0.3 is 15.4 Å². The normalized spacial score (nSPS) is 21.3. The Labute approximate surface area is 177 Å². The molecule has 0 radical (unpaired) electrons. The summed E-state index contributed by atoms with van der Waals surface area (Å²) < 4.78 is 4.60. The fraction of sp³-hybridized carbons (Fsp3) is 0.360. The van der Waals surface area contributed by atoms with Gasteiger partial charge in [-0.05, 0) is 42.0 Å². The summed E-state index contributed by atoms with van der Waals surface area (Å²) in [6.07, 6.45) is 6.13. The molecule has 0 fully saturated rings. The van der Waals surface area contributed by atoms with Crippen molar-refractivity contribution in [2.24, 2.45) is 5.92 Å². The van der Waals surface area contributed by atoms with Gasteiger partial charge in [0.2, 0.25) is 5.91 Å². The zero-order chi connectivity index (χ0) is 21.1. The highest BCUT2D eigenvalue weighted by molar-refractivity contribution is 5.79. The molecule has 0 saturated heterocycles. The fourth-order valence-electron chi connectivity index (χ4n) is 4.60. The number of esters is 1. The second-order valence-corrected chi connectivity index (χ2v) is 8.16. The Kier molecular flexibility index (Phi) is 5.88. The van der Waals surface area contributed by atoms with Crippen molar-refractivity contribution >= 4 is 17.6 Å². The highest BCUT2D eigenvalue weighted by Gasteiger charge is 2.37. The number of carbonyl (C=O) groups is 2. The largest absolute Gasteiger partial charge is 0.469 e. The number of fused-ring (bicyclic) bond motifs is 3. The first kappa shape index (κ1) is 20.2. The van der Waals surface area contributed by atoms with Gasteiger partial charge in [-0.3, -0.25) is 9.59 Å². The van der Waals surface area contributed by atoms with Gasteiger partial charge in [0, 0.05) is 18.2 Å². The van der Waals surface area contributed by atoms with Crippen LogP contribution in [0.4, 0.5) is 5.69 Å². The maximum Gasteiger partial charge on any atom is 0.307 e. The molecule has 2 aromatic carbocycles. The number of hydrogen-bond acceptors (Lipinski definition) is 4. The van der Waals surface area contributed by atoms with E-state index in [2.05, 4.69) is 70.8 Å². The predicted octanol–water partition coefficient (Wildman–Crippen LogP) is 4.04. The van der Waals surface area contributed by atoms with Crippen LogP contribution in [0.25, 0.3) is 0 Å². The molecule has 5 nitrogen and oxygen atoms in total. The summed E-state index contributed by atoms with van der Waals surface area (Å²) in [6, 6.07) is 15.3. The maximum atomic E-state index is 12.3. The fourth-order valence-corrected chi connectivity index (χ4v) is 4.60. The number of methoxy groups -OCH3 is 1. The molecule has 0 bridgehead atoms. The molecule has 30 heavy (non-hydrogen) atoms. The van der Waals surface area contributed by atoms with Crippen LogP contribution in [0.3, 0.4) is 0 Å². The summed E-state index contributed by atoms with van der Waals surface area (Å²) in [5, 5.41) is 6.54. The Morgan fingerprint density at radius 2 is 2.07 bits per heavy atom. The number of rotatable bonds is 6. The maximum absolute atomic E-state index is 12.3. The lowest BCUT2D eigenvalue weighted by molar-refractivity contribution is -0.140. The molecule has 4 rings (SSSR count). The van der Waals surface area contributed by atoms with Crippen LogP contribution in [-0.4, -0.2) is 25.5 Å². The second-order valence-electron chi connectivity index (χ2n) is 8.16. The number of ether oxygens (including phenoxy) is 1. The van der Waals surface area contributed by atoms with Crippen molar-refractivity contribution in [1.29, 1.82) is 0 Å². The van der Waals surface area contributed by atoms with Crippen molar-refractivity contribution in [3.8, 4) is 0 Å². The Balaban J connectivity index is 1.49. The average molecular weight is 405 g/mol. The standard InChI is InChI=1S/C25H28N2O3/c1-16-5-3-6-18(13-16)25-20-8-4-7-19(20)21-14-17(9-10-22(21)27-25)15-23(28)26-12-11-24(29)30-2/h3-7,9-10,13-14,19-20,25,27H,8,11-12,15H2,1-2H3,(H,26,28)/t19-,20+,25+/m1/s1. The van der Waals surface area contributed by atoms with Crippen LogP contribution < -0.4 is 10.6 Å². The van der Waals surface area contributed by atoms with E-state index in [1.165, 1.54) is 23.8 Å². The Bertz CT molecular complexity index is 982. The lowest BCUT2D eigenvalue weighted by Crippen LogP contribution is -2.30. The van der Waals surface area contributed by atoms with Gasteiger partial charge in [-0.15, -0.1) is 0 Å². The Hall–Kier alpha value is -3.08.